The van der Waals surface area contributed by atoms with E-state index in [9.17, 15) is 12.8 Å². The van der Waals surface area contributed by atoms with Crippen LogP contribution in [0.5, 0.6) is 0 Å². The Morgan fingerprint density at radius 3 is 2.45 bits per heavy atom. The van der Waals surface area contributed by atoms with Crippen LogP contribution in [0, 0.1) is 5.82 Å². The molecule has 2 rings (SSSR count). The van der Waals surface area contributed by atoms with Crippen molar-refractivity contribution in [1.82, 2.24) is 15.4 Å². The third kappa shape index (κ3) is 9.93. The molecule has 0 amide bonds. The second-order valence-corrected chi connectivity index (χ2v) is 8.27. The number of nitrogens with one attached hydrogen (secondary N) is 3. The highest BCUT2D eigenvalue weighted by Gasteiger charge is 2.14. The van der Waals surface area contributed by atoms with Crippen molar-refractivity contribution in [3.05, 3.63) is 65.5 Å². The van der Waals surface area contributed by atoms with Gasteiger partial charge in [0.15, 0.2) is 5.96 Å². The maximum Gasteiger partial charge on any atom is 0.240 e. The molecular weight excluding hydrogens is 534 g/mol. The number of halogens is 2. The van der Waals surface area contributed by atoms with Crippen molar-refractivity contribution in [3.8, 4) is 0 Å². The molecule has 0 radical (unpaired) electrons. The molecule has 3 N–H and O–H groups in total. The highest BCUT2D eigenvalue weighted by atomic mass is 127. The summed E-state index contributed by atoms with van der Waals surface area (Å²) in [4.78, 5) is 4.31. The molecular formula is C21H30FIN4O3S. The molecule has 7 nitrogen and oxygen atoms in total. The van der Waals surface area contributed by atoms with E-state index in [0.29, 0.717) is 31.3 Å². The minimum absolute atomic E-state index is 0. The average Bonchev–Trinajstić information content (AvgIpc) is 2.74. The lowest BCUT2D eigenvalue weighted by Gasteiger charge is -2.13. The summed E-state index contributed by atoms with van der Waals surface area (Å²) in [6, 6.07) is 12.5. The molecule has 10 heteroatoms. The first-order chi connectivity index (χ1) is 14.4. The van der Waals surface area contributed by atoms with Crippen molar-refractivity contribution in [2.24, 2.45) is 4.99 Å². The maximum absolute atomic E-state index is 13.3. The van der Waals surface area contributed by atoms with Crippen molar-refractivity contribution in [1.29, 1.82) is 0 Å². The van der Waals surface area contributed by atoms with Gasteiger partial charge in [0.05, 0.1) is 4.90 Å². The zero-order valence-corrected chi connectivity index (χ0v) is 20.9. The molecule has 2 aromatic carbocycles. The number of aliphatic imine (C=N–C) groups is 1. The maximum atomic E-state index is 13.3. The first kappa shape index (κ1) is 27.3. The van der Waals surface area contributed by atoms with Crippen LogP contribution >= 0.6 is 24.0 Å². The van der Waals surface area contributed by atoms with Gasteiger partial charge in [-0.25, -0.2) is 17.5 Å². The summed E-state index contributed by atoms with van der Waals surface area (Å²) in [6.45, 7) is 4.49. The van der Waals surface area contributed by atoms with E-state index < -0.39 is 15.8 Å². The van der Waals surface area contributed by atoms with E-state index in [1.165, 1.54) is 18.2 Å². The molecule has 0 aliphatic rings. The van der Waals surface area contributed by atoms with Gasteiger partial charge in [0.2, 0.25) is 10.0 Å². The number of nitrogens with zero attached hydrogens (tertiary/aromatic N) is 1. The van der Waals surface area contributed by atoms with E-state index >= 15 is 0 Å². The van der Waals surface area contributed by atoms with Crippen molar-refractivity contribution in [2.45, 2.75) is 31.3 Å². The normalized spacial score (nSPS) is 11.6. The molecule has 0 saturated carbocycles. The molecule has 0 aliphatic carbocycles. The highest BCUT2D eigenvalue weighted by molar-refractivity contribution is 14.0. The summed E-state index contributed by atoms with van der Waals surface area (Å²) in [6.07, 6.45) is 0.860. The molecule has 172 valence electrons. The van der Waals surface area contributed by atoms with Crippen LogP contribution in [0.15, 0.2) is 58.4 Å². The van der Waals surface area contributed by atoms with Crippen LogP contribution in [0.3, 0.4) is 0 Å². The summed E-state index contributed by atoms with van der Waals surface area (Å²) in [7, 11) is -2.05. The summed E-state index contributed by atoms with van der Waals surface area (Å²) in [5, 5.41) is 6.34. The SMILES string of the molecule is CCOCCCNC(=NC)NCc1cccc(S(=O)(=O)NCc2cccc(F)c2)c1.I. The van der Waals surface area contributed by atoms with E-state index in [4.69, 9.17) is 4.74 Å². The first-order valence-corrected chi connectivity index (χ1v) is 11.3. The third-order valence-electron chi connectivity index (χ3n) is 4.21. The molecule has 0 atom stereocenters. The minimum Gasteiger partial charge on any atom is -0.382 e. The van der Waals surface area contributed by atoms with Crippen LogP contribution in [0.2, 0.25) is 0 Å². The quantitative estimate of drug-likeness (QED) is 0.169. The summed E-state index contributed by atoms with van der Waals surface area (Å²) in [5.74, 6) is 0.226. The Kier molecular flexibility index (Phi) is 12.6. The largest absolute Gasteiger partial charge is 0.382 e. The van der Waals surface area contributed by atoms with Crippen LogP contribution in [-0.4, -0.2) is 41.2 Å². The number of benzene rings is 2. The number of guanidine groups is 1. The van der Waals surface area contributed by atoms with E-state index in [-0.39, 0.29) is 35.4 Å². The van der Waals surface area contributed by atoms with Gasteiger partial charge in [0.1, 0.15) is 5.82 Å². The Labute approximate surface area is 201 Å². The van der Waals surface area contributed by atoms with Gasteiger partial charge in [0.25, 0.3) is 0 Å². The van der Waals surface area contributed by atoms with Crippen molar-refractivity contribution in [2.75, 3.05) is 26.8 Å². The van der Waals surface area contributed by atoms with E-state index in [1.54, 1.807) is 31.3 Å². The molecule has 0 saturated heterocycles. The van der Waals surface area contributed by atoms with Gasteiger partial charge >= 0.3 is 0 Å². The molecule has 0 aromatic heterocycles. The molecule has 0 unspecified atom stereocenters. The lowest BCUT2D eigenvalue weighted by molar-refractivity contribution is 0.145. The number of hydrogen-bond donors (Lipinski definition) is 3. The number of ether oxygens (including phenoxy) is 1. The third-order valence-corrected chi connectivity index (χ3v) is 5.61. The van der Waals surface area contributed by atoms with Gasteiger partial charge in [-0.15, -0.1) is 24.0 Å². The fourth-order valence-electron chi connectivity index (χ4n) is 2.66. The predicted octanol–water partition coefficient (Wildman–Crippen LogP) is 3.01. The lowest BCUT2D eigenvalue weighted by atomic mass is 10.2. The Hall–Kier alpha value is -1.76. The van der Waals surface area contributed by atoms with Crippen LogP contribution in [0.1, 0.15) is 24.5 Å². The molecule has 31 heavy (non-hydrogen) atoms. The van der Waals surface area contributed by atoms with E-state index in [2.05, 4.69) is 20.3 Å². The van der Waals surface area contributed by atoms with Crippen molar-refractivity contribution < 1.29 is 17.5 Å². The van der Waals surface area contributed by atoms with Gasteiger partial charge in [-0.2, -0.15) is 0 Å². The van der Waals surface area contributed by atoms with Crippen LogP contribution in [0.25, 0.3) is 0 Å². The first-order valence-electron chi connectivity index (χ1n) is 9.80. The second-order valence-electron chi connectivity index (χ2n) is 6.50. The summed E-state index contributed by atoms with van der Waals surface area (Å²) in [5.41, 5.74) is 1.34. The topological polar surface area (TPSA) is 91.8 Å². The summed E-state index contributed by atoms with van der Waals surface area (Å²) < 4.78 is 46.3. The molecule has 0 heterocycles. The molecule has 2 aromatic rings. The monoisotopic (exact) mass is 564 g/mol. The zero-order chi connectivity index (χ0) is 21.8. The molecule has 0 aliphatic heterocycles. The summed E-state index contributed by atoms with van der Waals surface area (Å²) >= 11 is 0. The lowest BCUT2D eigenvalue weighted by Crippen LogP contribution is -2.37. The van der Waals surface area contributed by atoms with Gasteiger partial charge < -0.3 is 15.4 Å². The fraction of sp³-hybridized carbons (Fsp3) is 0.381. The fourth-order valence-corrected chi connectivity index (χ4v) is 3.75. The van der Waals surface area contributed by atoms with Gasteiger partial charge in [0, 0.05) is 39.9 Å². The van der Waals surface area contributed by atoms with Gasteiger partial charge in [-0.1, -0.05) is 24.3 Å². The van der Waals surface area contributed by atoms with E-state index in [0.717, 1.165) is 18.5 Å². The molecule has 0 fully saturated rings. The second kappa shape index (κ2) is 14.3. The number of rotatable bonds is 11. The van der Waals surface area contributed by atoms with Gasteiger partial charge in [-0.05, 0) is 48.7 Å². The van der Waals surface area contributed by atoms with Crippen LogP contribution < -0.4 is 15.4 Å². The van der Waals surface area contributed by atoms with Crippen molar-refractivity contribution in [3.63, 3.8) is 0 Å². The molecule has 0 spiro atoms. The predicted molar refractivity (Wildman–Crippen MR) is 132 cm³/mol. The highest BCUT2D eigenvalue weighted by Crippen LogP contribution is 2.13. The van der Waals surface area contributed by atoms with E-state index in [1.807, 2.05) is 13.0 Å². The number of hydrogen-bond acceptors (Lipinski definition) is 4. The smallest absolute Gasteiger partial charge is 0.240 e. The number of sulfonamides is 1. The molecule has 0 bridgehead atoms. The Balaban J connectivity index is 0.00000480. The zero-order valence-electron chi connectivity index (χ0n) is 17.7. The van der Waals surface area contributed by atoms with Crippen LogP contribution in [-0.2, 0) is 27.8 Å². The Morgan fingerprint density at radius 2 is 1.77 bits per heavy atom. The van der Waals surface area contributed by atoms with Gasteiger partial charge in [-0.3, -0.25) is 4.99 Å². The Morgan fingerprint density at radius 1 is 1.06 bits per heavy atom. The standard InChI is InChI=1S/C21H29FN4O3S.HI/c1-3-29-12-6-11-24-21(23-2)25-15-18-8-5-10-20(14-18)30(27,28)26-16-17-7-4-9-19(22)13-17;/h4-5,7-10,13-14,26H,3,6,11-12,15-16H2,1-2H3,(H2,23,24,25);1H. The minimum atomic E-state index is -3.72. The Bertz CT molecular complexity index is 942. The average molecular weight is 564 g/mol. The van der Waals surface area contributed by atoms with Crippen LogP contribution in [0.4, 0.5) is 4.39 Å². The van der Waals surface area contributed by atoms with Crippen molar-refractivity contribution >= 4 is 40.0 Å².